The van der Waals surface area contributed by atoms with Crippen LogP contribution in [-0.4, -0.2) is 6.61 Å². The van der Waals surface area contributed by atoms with Crippen molar-refractivity contribution >= 4 is 36.5 Å². The molecule has 0 spiro atoms. The fraction of sp³-hybridized carbons (Fsp3) is 1.00. The number of hydrogen-bond donors (Lipinski definition) is 0. The Morgan fingerprint density at radius 1 is 1.00 bits per heavy atom. The van der Waals surface area contributed by atoms with Gasteiger partial charge in [0.25, 0.3) is 0 Å². The smallest absolute Gasteiger partial charge is 0.170 e. The molecule has 0 rings (SSSR count). The molecule has 12 heavy (non-hydrogen) atoms. The van der Waals surface area contributed by atoms with Crippen molar-refractivity contribution in [2.75, 3.05) is 6.61 Å². The third-order valence-electron chi connectivity index (χ3n) is 1.69. The Hall–Kier alpha value is 1.35. The second-order valence-corrected chi connectivity index (χ2v) is 10.2. The summed E-state index contributed by atoms with van der Waals surface area (Å²) in [7, 11) is 0. The lowest BCUT2D eigenvalue weighted by Gasteiger charge is -2.03. The van der Waals surface area contributed by atoms with Crippen LogP contribution >= 0.6 is 36.5 Å². The van der Waals surface area contributed by atoms with Crippen LogP contribution in [0.15, 0.2) is 0 Å². The van der Waals surface area contributed by atoms with Crippen molar-refractivity contribution in [1.29, 1.82) is 0 Å². The van der Waals surface area contributed by atoms with Gasteiger partial charge in [-0.1, -0.05) is 39.0 Å². The molecule has 0 heterocycles. The minimum Gasteiger partial charge on any atom is -0.338 e. The normalized spacial score (nSPS) is 11.0. The van der Waals surface area contributed by atoms with Crippen molar-refractivity contribution in [1.82, 2.24) is 0 Å². The molecule has 0 amide bonds. The van der Waals surface area contributed by atoms with Gasteiger partial charge in [-0.25, -0.2) is 0 Å². The van der Waals surface area contributed by atoms with E-state index in [4.69, 9.17) is 4.52 Å². The van der Waals surface area contributed by atoms with Crippen LogP contribution in [0.1, 0.15) is 45.4 Å². The van der Waals surface area contributed by atoms with Crippen LogP contribution < -0.4 is 0 Å². The van der Waals surface area contributed by atoms with Gasteiger partial charge in [0, 0.05) is 0 Å². The maximum Gasteiger partial charge on any atom is 0.170 e. The zero-order chi connectivity index (χ0) is 9.23. The average Bonchev–Trinajstić information content (AvgIpc) is 2.02. The molecule has 0 bridgehead atoms. The van der Waals surface area contributed by atoms with Gasteiger partial charge in [0.2, 0.25) is 0 Å². The molecule has 0 saturated carbocycles. The topological polar surface area (TPSA) is 9.23 Å². The van der Waals surface area contributed by atoms with E-state index in [9.17, 15) is 0 Å². The average molecular weight is 320 g/mol. The summed E-state index contributed by atoms with van der Waals surface area (Å²) in [6.07, 6.45) is 7.95. The quantitative estimate of drug-likeness (QED) is 0.431. The summed E-state index contributed by atoms with van der Waals surface area (Å²) in [5.74, 6) is 0. The first kappa shape index (κ1) is 13.4. The van der Waals surface area contributed by atoms with E-state index in [-0.39, 0.29) is 0 Å². The van der Waals surface area contributed by atoms with E-state index in [1.807, 2.05) is 0 Å². The third kappa shape index (κ3) is 11.4. The van der Waals surface area contributed by atoms with Gasteiger partial charge in [-0.15, -0.1) is 0 Å². The lowest BCUT2D eigenvalue weighted by molar-refractivity contribution is 0.349. The van der Waals surface area contributed by atoms with Gasteiger partial charge in [-0.05, 0) is 37.4 Å². The summed E-state index contributed by atoms with van der Waals surface area (Å²) in [6.45, 7) is 3.13. The van der Waals surface area contributed by atoms with E-state index in [1.54, 1.807) is 0 Å². The zero-order valence-electron chi connectivity index (χ0n) is 7.56. The van der Waals surface area contributed by atoms with Gasteiger partial charge >= 0.3 is 0 Å². The Balaban J connectivity index is 2.82. The van der Waals surface area contributed by atoms with Crippen LogP contribution in [0.2, 0.25) is 0 Å². The van der Waals surface area contributed by atoms with Crippen molar-refractivity contribution in [3.8, 4) is 0 Å². The molecular weight excluding hydrogens is 303 g/mol. The van der Waals surface area contributed by atoms with E-state index >= 15 is 0 Å². The highest BCUT2D eigenvalue weighted by molar-refractivity contribution is 9.68. The first-order chi connectivity index (χ1) is 5.77. The van der Waals surface area contributed by atoms with Crippen molar-refractivity contribution in [2.45, 2.75) is 45.4 Å². The number of halogens is 2. The highest BCUT2D eigenvalue weighted by Gasteiger charge is 1.96. The molecule has 4 heteroatoms. The largest absolute Gasteiger partial charge is 0.338 e. The molecule has 0 saturated heterocycles. The minimum atomic E-state index is -0.503. The summed E-state index contributed by atoms with van der Waals surface area (Å²) in [6, 6.07) is 0. The Morgan fingerprint density at radius 3 is 2.17 bits per heavy atom. The molecule has 0 unspecified atom stereocenters. The molecule has 0 aliphatic carbocycles. The molecule has 0 aliphatic heterocycles. The SMILES string of the molecule is CCCCCCCCOP(Br)Br. The molecule has 0 aromatic rings. The van der Waals surface area contributed by atoms with Crippen LogP contribution in [0, 0.1) is 0 Å². The van der Waals surface area contributed by atoms with Gasteiger partial charge < -0.3 is 4.52 Å². The molecule has 0 aromatic heterocycles. The molecule has 0 fully saturated rings. The predicted molar refractivity (Wildman–Crippen MR) is 64.1 cm³/mol. The van der Waals surface area contributed by atoms with Crippen molar-refractivity contribution in [2.24, 2.45) is 0 Å². The predicted octanol–water partition coefficient (Wildman–Crippen LogP) is 5.38. The number of rotatable bonds is 8. The van der Waals surface area contributed by atoms with Gasteiger partial charge in [0.05, 0.1) is 6.61 Å². The Kier molecular flexibility index (Phi) is 11.6. The first-order valence-electron chi connectivity index (χ1n) is 4.52. The molecule has 0 aromatic carbocycles. The van der Waals surface area contributed by atoms with E-state index in [1.165, 1.54) is 38.5 Å². The Bertz CT molecular complexity index is 91.1. The maximum absolute atomic E-state index is 5.35. The Labute approximate surface area is 93.0 Å². The lowest BCUT2D eigenvalue weighted by Crippen LogP contribution is -1.86. The molecular formula is C8H17Br2OP. The molecule has 0 aliphatic rings. The van der Waals surface area contributed by atoms with Crippen molar-refractivity contribution in [3.05, 3.63) is 0 Å². The summed E-state index contributed by atoms with van der Waals surface area (Å²) in [5.41, 5.74) is -0.503. The van der Waals surface area contributed by atoms with Gasteiger partial charge in [-0.2, -0.15) is 0 Å². The maximum atomic E-state index is 5.35. The fourth-order valence-corrected chi connectivity index (χ4v) is 2.15. The monoisotopic (exact) mass is 318 g/mol. The van der Waals surface area contributed by atoms with Gasteiger partial charge in [0.15, 0.2) is 5.55 Å². The zero-order valence-corrected chi connectivity index (χ0v) is 11.6. The van der Waals surface area contributed by atoms with E-state index in [0.29, 0.717) is 0 Å². The number of unbranched alkanes of at least 4 members (excludes halogenated alkanes) is 5. The standard InChI is InChI=1S/C8H17Br2OP/c1-2-3-4-5-6-7-8-11-12(9)10/h2-8H2,1H3. The highest BCUT2D eigenvalue weighted by atomic mass is 79.9. The van der Waals surface area contributed by atoms with E-state index < -0.39 is 5.55 Å². The van der Waals surface area contributed by atoms with Crippen LogP contribution in [0.25, 0.3) is 0 Å². The summed E-state index contributed by atoms with van der Waals surface area (Å²) >= 11 is 6.66. The summed E-state index contributed by atoms with van der Waals surface area (Å²) < 4.78 is 5.35. The fourth-order valence-electron chi connectivity index (χ4n) is 1.02. The summed E-state index contributed by atoms with van der Waals surface area (Å²) in [5, 5.41) is 0. The minimum absolute atomic E-state index is 0.503. The van der Waals surface area contributed by atoms with Crippen molar-refractivity contribution < 1.29 is 4.52 Å². The van der Waals surface area contributed by atoms with Gasteiger partial charge in [0.1, 0.15) is 0 Å². The molecule has 74 valence electrons. The van der Waals surface area contributed by atoms with Crippen LogP contribution in [-0.2, 0) is 4.52 Å². The summed E-state index contributed by atoms with van der Waals surface area (Å²) in [4.78, 5) is 0. The highest BCUT2D eigenvalue weighted by Crippen LogP contribution is 2.52. The van der Waals surface area contributed by atoms with Crippen LogP contribution in [0.5, 0.6) is 0 Å². The molecule has 0 radical (unpaired) electrons. The lowest BCUT2D eigenvalue weighted by atomic mass is 10.1. The first-order valence-corrected chi connectivity index (χ1v) is 9.81. The second kappa shape index (κ2) is 10.4. The van der Waals surface area contributed by atoms with Crippen LogP contribution in [0.3, 0.4) is 0 Å². The third-order valence-corrected chi connectivity index (χ3v) is 3.29. The Morgan fingerprint density at radius 2 is 1.58 bits per heavy atom. The molecule has 0 N–H and O–H groups in total. The van der Waals surface area contributed by atoms with Crippen molar-refractivity contribution in [3.63, 3.8) is 0 Å². The molecule has 0 atom stereocenters. The van der Waals surface area contributed by atoms with Crippen LogP contribution in [0.4, 0.5) is 0 Å². The number of hydrogen-bond acceptors (Lipinski definition) is 1. The van der Waals surface area contributed by atoms with Gasteiger partial charge in [-0.3, -0.25) is 0 Å². The second-order valence-electron chi connectivity index (χ2n) is 2.80. The molecule has 1 nitrogen and oxygen atoms in total. The van der Waals surface area contributed by atoms with E-state index in [0.717, 1.165) is 6.61 Å². The van der Waals surface area contributed by atoms with E-state index in [2.05, 4.69) is 37.9 Å².